The van der Waals surface area contributed by atoms with Gasteiger partial charge in [0.1, 0.15) is 0 Å². The zero-order valence-electron chi connectivity index (χ0n) is 10.7. The summed E-state index contributed by atoms with van der Waals surface area (Å²) in [4.78, 5) is 2.46. The molecule has 0 heterocycles. The Kier molecular flexibility index (Phi) is 5.24. The Morgan fingerprint density at radius 1 is 1.28 bits per heavy atom. The van der Waals surface area contributed by atoms with Crippen molar-refractivity contribution in [1.82, 2.24) is 4.90 Å². The van der Waals surface area contributed by atoms with Crippen LogP contribution in [0.15, 0.2) is 27.1 Å². The Labute approximate surface area is 126 Å². The highest BCUT2D eigenvalue weighted by Crippen LogP contribution is 2.30. The van der Waals surface area contributed by atoms with Crippen LogP contribution in [0, 0.1) is 5.92 Å². The fourth-order valence-electron chi connectivity index (χ4n) is 2.92. The lowest BCUT2D eigenvalue weighted by atomic mass is 10.0. The van der Waals surface area contributed by atoms with Crippen LogP contribution in [0.2, 0.25) is 0 Å². The Hall–Kier alpha value is 0.1000. The summed E-state index contributed by atoms with van der Waals surface area (Å²) in [6, 6.07) is 7.12. The van der Waals surface area contributed by atoms with Crippen LogP contribution in [-0.2, 0) is 6.54 Å². The van der Waals surface area contributed by atoms with Gasteiger partial charge in [0.15, 0.2) is 0 Å². The second-order valence-corrected chi connectivity index (χ2v) is 6.87. The normalized spacial score (nSPS) is 23.8. The largest absolute Gasteiger partial charge is 0.330 e. The average Bonchev–Trinajstić information content (AvgIpc) is 2.82. The number of hydrogen-bond acceptors (Lipinski definition) is 2. The smallest absolute Gasteiger partial charge is 0.0320 e. The first-order chi connectivity index (χ1) is 8.61. The zero-order chi connectivity index (χ0) is 13.1. The maximum atomic E-state index is 5.86. The van der Waals surface area contributed by atoms with Gasteiger partial charge in [0, 0.05) is 21.5 Å². The molecule has 0 amide bonds. The molecule has 4 heteroatoms. The lowest BCUT2D eigenvalue weighted by Crippen LogP contribution is -2.37. The third kappa shape index (κ3) is 3.35. The molecule has 1 aliphatic rings. The van der Waals surface area contributed by atoms with Crippen molar-refractivity contribution in [2.75, 3.05) is 13.6 Å². The fraction of sp³-hybridized carbons (Fsp3) is 0.571. The lowest BCUT2D eigenvalue weighted by Gasteiger charge is -2.29. The van der Waals surface area contributed by atoms with E-state index in [1.165, 1.54) is 24.8 Å². The molecule has 0 spiro atoms. The van der Waals surface area contributed by atoms with Gasteiger partial charge in [0.25, 0.3) is 0 Å². The van der Waals surface area contributed by atoms with Crippen molar-refractivity contribution in [1.29, 1.82) is 0 Å². The second-order valence-electron chi connectivity index (χ2n) is 5.16. The molecule has 0 aliphatic heterocycles. The van der Waals surface area contributed by atoms with E-state index in [2.05, 4.69) is 62.0 Å². The predicted octanol–water partition coefficient (Wildman–Crippen LogP) is 3.77. The van der Waals surface area contributed by atoms with Gasteiger partial charge in [-0.25, -0.2) is 0 Å². The third-order valence-corrected chi connectivity index (χ3v) is 5.78. The van der Waals surface area contributed by atoms with Gasteiger partial charge in [0.2, 0.25) is 0 Å². The molecule has 2 rings (SSSR count). The molecule has 0 saturated heterocycles. The molecule has 1 aromatic carbocycles. The van der Waals surface area contributed by atoms with Gasteiger partial charge in [-0.2, -0.15) is 0 Å². The van der Waals surface area contributed by atoms with Crippen LogP contribution in [0.25, 0.3) is 0 Å². The quantitative estimate of drug-likeness (QED) is 0.867. The van der Waals surface area contributed by atoms with Crippen LogP contribution in [0.5, 0.6) is 0 Å². The van der Waals surface area contributed by atoms with Crippen LogP contribution >= 0.6 is 31.9 Å². The molecule has 1 aromatic rings. The number of halogens is 2. The molecule has 1 saturated carbocycles. The van der Waals surface area contributed by atoms with E-state index in [4.69, 9.17) is 5.73 Å². The van der Waals surface area contributed by atoms with Crippen molar-refractivity contribution in [3.8, 4) is 0 Å². The van der Waals surface area contributed by atoms with E-state index in [9.17, 15) is 0 Å². The summed E-state index contributed by atoms with van der Waals surface area (Å²) in [5.41, 5.74) is 7.20. The summed E-state index contributed by atoms with van der Waals surface area (Å²) in [5, 5.41) is 0. The van der Waals surface area contributed by atoms with Gasteiger partial charge >= 0.3 is 0 Å². The van der Waals surface area contributed by atoms with Crippen molar-refractivity contribution in [2.45, 2.75) is 31.8 Å². The second kappa shape index (κ2) is 6.51. The van der Waals surface area contributed by atoms with Gasteiger partial charge in [-0.3, -0.25) is 4.90 Å². The zero-order valence-corrected chi connectivity index (χ0v) is 13.9. The van der Waals surface area contributed by atoms with Crippen LogP contribution in [0.1, 0.15) is 24.8 Å². The van der Waals surface area contributed by atoms with E-state index in [0.717, 1.165) is 22.0 Å². The highest BCUT2D eigenvalue weighted by molar-refractivity contribution is 9.13. The third-order valence-electron chi connectivity index (χ3n) is 3.90. The first kappa shape index (κ1) is 14.5. The summed E-state index contributed by atoms with van der Waals surface area (Å²) < 4.78 is 2.23. The molecule has 18 heavy (non-hydrogen) atoms. The molecule has 1 aliphatic carbocycles. The molecule has 0 radical (unpaired) electrons. The first-order valence-electron chi connectivity index (χ1n) is 6.46. The first-order valence-corrected chi connectivity index (χ1v) is 8.04. The summed E-state index contributed by atoms with van der Waals surface area (Å²) >= 11 is 7.07. The maximum absolute atomic E-state index is 5.86. The molecular formula is C14H20Br2N2. The molecule has 2 nitrogen and oxygen atoms in total. The molecule has 0 aromatic heterocycles. The van der Waals surface area contributed by atoms with Crippen molar-refractivity contribution in [2.24, 2.45) is 11.7 Å². The summed E-state index contributed by atoms with van der Waals surface area (Å²) in [5.74, 6) is 0.675. The summed E-state index contributed by atoms with van der Waals surface area (Å²) in [6.45, 7) is 1.81. The summed E-state index contributed by atoms with van der Waals surface area (Å²) in [7, 11) is 2.22. The molecule has 1 fully saturated rings. The van der Waals surface area contributed by atoms with E-state index >= 15 is 0 Å². The van der Waals surface area contributed by atoms with Gasteiger partial charge in [0.05, 0.1) is 0 Å². The SMILES string of the molecule is CN(Cc1ccc(Br)c(Br)c1)C1CCCC1CN. The number of rotatable bonds is 4. The molecule has 2 unspecified atom stereocenters. The monoisotopic (exact) mass is 374 g/mol. The van der Waals surface area contributed by atoms with E-state index in [1.807, 2.05) is 0 Å². The van der Waals surface area contributed by atoms with E-state index in [1.54, 1.807) is 0 Å². The Morgan fingerprint density at radius 2 is 2.06 bits per heavy atom. The Morgan fingerprint density at radius 3 is 2.72 bits per heavy atom. The molecule has 100 valence electrons. The van der Waals surface area contributed by atoms with Gasteiger partial charge < -0.3 is 5.73 Å². The summed E-state index contributed by atoms with van der Waals surface area (Å²) in [6.07, 6.45) is 3.90. The van der Waals surface area contributed by atoms with E-state index in [-0.39, 0.29) is 0 Å². The highest BCUT2D eigenvalue weighted by atomic mass is 79.9. The minimum absolute atomic E-state index is 0.650. The molecular weight excluding hydrogens is 356 g/mol. The van der Waals surface area contributed by atoms with E-state index < -0.39 is 0 Å². The highest BCUT2D eigenvalue weighted by Gasteiger charge is 2.29. The lowest BCUT2D eigenvalue weighted by molar-refractivity contribution is 0.193. The van der Waals surface area contributed by atoms with Crippen LogP contribution < -0.4 is 5.73 Å². The number of nitrogens with two attached hydrogens (primary N) is 1. The fourth-order valence-corrected chi connectivity index (χ4v) is 3.59. The predicted molar refractivity (Wildman–Crippen MR) is 83.5 cm³/mol. The van der Waals surface area contributed by atoms with Crippen LogP contribution in [0.3, 0.4) is 0 Å². The standard InChI is InChI=1S/C14H20Br2N2/c1-18(14-4-2-3-11(14)8-17)9-10-5-6-12(15)13(16)7-10/h5-7,11,14H,2-4,8-9,17H2,1H3. The minimum atomic E-state index is 0.650. The molecule has 0 bridgehead atoms. The van der Waals surface area contributed by atoms with Gasteiger partial charge in [-0.15, -0.1) is 0 Å². The minimum Gasteiger partial charge on any atom is -0.330 e. The van der Waals surface area contributed by atoms with Crippen LogP contribution in [-0.4, -0.2) is 24.5 Å². The number of benzene rings is 1. The van der Waals surface area contributed by atoms with Crippen molar-refractivity contribution >= 4 is 31.9 Å². The average molecular weight is 376 g/mol. The molecule has 2 atom stereocenters. The Balaban J connectivity index is 2.02. The maximum Gasteiger partial charge on any atom is 0.0320 e. The Bertz CT molecular complexity index is 409. The van der Waals surface area contributed by atoms with E-state index in [0.29, 0.717) is 12.0 Å². The van der Waals surface area contributed by atoms with Gasteiger partial charge in [-0.1, -0.05) is 12.5 Å². The van der Waals surface area contributed by atoms with Gasteiger partial charge in [-0.05, 0) is 81.9 Å². The van der Waals surface area contributed by atoms with Crippen LogP contribution in [0.4, 0.5) is 0 Å². The van der Waals surface area contributed by atoms with Crippen molar-refractivity contribution in [3.05, 3.63) is 32.7 Å². The van der Waals surface area contributed by atoms with Crippen molar-refractivity contribution in [3.63, 3.8) is 0 Å². The topological polar surface area (TPSA) is 29.3 Å². The number of hydrogen-bond donors (Lipinski definition) is 1. The van der Waals surface area contributed by atoms with Crippen molar-refractivity contribution < 1.29 is 0 Å². The molecule has 2 N–H and O–H groups in total. The number of nitrogens with zero attached hydrogens (tertiary/aromatic N) is 1.